The fourth-order valence-electron chi connectivity index (χ4n) is 2.64. The van der Waals surface area contributed by atoms with E-state index >= 15 is 0 Å². The van der Waals surface area contributed by atoms with E-state index in [4.69, 9.17) is 10.5 Å². The number of hydrogen-bond acceptors (Lipinski definition) is 5. The third-order valence-electron chi connectivity index (χ3n) is 4.01. The van der Waals surface area contributed by atoms with Crippen LogP contribution in [0.5, 0.6) is 0 Å². The molecule has 1 aliphatic heterocycles. The zero-order valence-electron chi connectivity index (χ0n) is 12.3. The number of hydrogen-bond donors (Lipinski definition) is 1. The Hall–Kier alpha value is -1.95. The summed E-state index contributed by atoms with van der Waals surface area (Å²) in [4.78, 5) is 0. The van der Waals surface area contributed by atoms with E-state index in [-0.39, 0.29) is 0 Å². The van der Waals surface area contributed by atoms with Crippen molar-refractivity contribution in [3.63, 3.8) is 0 Å². The van der Waals surface area contributed by atoms with Gasteiger partial charge in [-0.1, -0.05) is 12.1 Å². The van der Waals surface area contributed by atoms with Gasteiger partial charge in [0.15, 0.2) is 5.82 Å². The van der Waals surface area contributed by atoms with Crippen LogP contribution in [-0.4, -0.2) is 32.9 Å². The van der Waals surface area contributed by atoms with Crippen LogP contribution < -0.4 is 5.73 Å². The van der Waals surface area contributed by atoms with Crippen molar-refractivity contribution in [2.45, 2.75) is 45.3 Å². The van der Waals surface area contributed by atoms with E-state index in [0.29, 0.717) is 6.10 Å². The van der Waals surface area contributed by atoms with Crippen LogP contribution in [-0.2, 0) is 11.3 Å². The molecule has 0 amide bonds. The number of nitrogens with zero attached hydrogens (tertiary/aromatic N) is 4. The second kappa shape index (κ2) is 6.22. The van der Waals surface area contributed by atoms with Gasteiger partial charge in [0, 0.05) is 24.4 Å². The van der Waals surface area contributed by atoms with Crippen LogP contribution in [0.25, 0.3) is 11.4 Å². The first-order chi connectivity index (χ1) is 10.2. The van der Waals surface area contributed by atoms with Crippen LogP contribution in [0.15, 0.2) is 18.2 Å². The third kappa shape index (κ3) is 3.21. The van der Waals surface area contributed by atoms with Gasteiger partial charge in [-0.25, -0.2) is 4.68 Å². The molecule has 2 N–H and O–H groups in total. The Balaban J connectivity index is 1.72. The zero-order valence-corrected chi connectivity index (χ0v) is 12.3. The molecule has 1 aliphatic rings. The molecule has 1 atom stereocenters. The molecule has 112 valence electrons. The summed E-state index contributed by atoms with van der Waals surface area (Å²) < 4.78 is 7.59. The molecule has 3 rings (SSSR count). The number of aromatic nitrogens is 4. The molecule has 0 aliphatic carbocycles. The monoisotopic (exact) mass is 287 g/mol. The minimum atomic E-state index is 0.332. The minimum absolute atomic E-state index is 0.332. The lowest BCUT2D eigenvalue weighted by molar-refractivity contribution is 0.00828. The molecule has 0 radical (unpaired) electrons. The third-order valence-corrected chi connectivity index (χ3v) is 4.01. The van der Waals surface area contributed by atoms with Gasteiger partial charge in [-0.3, -0.25) is 0 Å². The number of ether oxygens (including phenoxy) is 1. The zero-order chi connectivity index (χ0) is 14.7. The SMILES string of the molecule is Cc1ccc(-c2nnnn2CCC2CCCCO2)cc1N. The molecule has 1 aromatic heterocycles. The highest BCUT2D eigenvalue weighted by molar-refractivity contribution is 5.63. The Morgan fingerprint density at radius 2 is 2.29 bits per heavy atom. The van der Waals surface area contributed by atoms with Gasteiger partial charge in [0.25, 0.3) is 0 Å². The van der Waals surface area contributed by atoms with Gasteiger partial charge in [-0.05, 0) is 54.7 Å². The Bertz CT molecular complexity index is 604. The topological polar surface area (TPSA) is 78.8 Å². The van der Waals surface area contributed by atoms with Crippen LogP contribution >= 0.6 is 0 Å². The van der Waals surface area contributed by atoms with E-state index in [2.05, 4.69) is 15.5 Å². The fraction of sp³-hybridized carbons (Fsp3) is 0.533. The summed E-state index contributed by atoms with van der Waals surface area (Å²) in [6.07, 6.45) is 4.84. The maximum absolute atomic E-state index is 5.97. The van der Waals surface area contributed by atoms with Crippen LogP contribution in [0.4, 0.5) is 5.69 Å². The number of rotatable bonds is 4. The van der Waals surface area contributed by atoms with Gasteiger partial charge in [0.05, 0.1) is 6.10 Å². The van der Waals surface area contributed by atoms with Crippen LogP contribution in [0, 0.1) is 6.92 Å². The first-order valence-electron chi connectivity index (χ1n) is 7.48. The number of benzene rings is 1. The van der Waals surface area contributed by atoms with Gasteiger partial charge in [-0.2, -0.15) is 0 Å². The maximum Gasteiger partial charge on any atom is 0.182 e. The van der Waals surface area contributed by atoms with Gasteiger partial charge >= 0.3 is 0 Å². The number of nitrogens with two attached hydrogens (primary N) is 1. The Labute approximate surface area is 124 Å². The highest BCUT2D eigenvalue weighted by Crippen LogP contribution is 2.22. The van der Waals surface area contributed by atoms with Crippen molar-refractivity contribution in [3.05, 3.63) is 23.8 Å². The van der Waals surface area contributed by atoms with Crippen LogP contribution in [0.3, 0.4) is 0 Å². The molecule has 1 saturated heterocycles. The van der Waals surface area contributed by atoms with Crippen molar-refractivity contribution in [1.29, 1.82) is 0 Å². The van der Waals surface area contributed by atoms with Crippen molar-refractivity contribution in [2.24, 2.45) is 0 Å². The molecule has 1 fully saturated rings. The van der Waals surface area contributed by atoms with E-state index < -0.39 is 0 Å². The minimum Gasteiger partial charge on any atom is -0.398 e. The number of anilines is 1. The lowest BCUT2D eigenvalue weighted by Crippen LogP contribution is -2.21. The Morgan fingerprint density at radius 1 is 1.38 bits per heavy atom. The molecule has 6 heteroatoms. The molecule has 0 saturated carbocycles. The second-order valence-electron chi connectivity index (χ2n) is 5.57. The summed E-state index contributed by atoms with van der Waals surface area (Å²) in [5, 5.41) is 12.0. The van der Waals surface area contributed by atoms with Crippen molar-refractivity contribution < 1.29 is 4.74 Å². The average molecular weight is 287 g/mol. The van der Waals surface area contributed by atoms with E-state index in [1.165, 1.54) is 12.8 Å². The molecule has 6 nitrogen and oxygen atoms in total. The highest BCUT2D eigenvalue weighted by atomic mass is 16.5. The predicted molar refractivity (Wildman–Crippen MR) is 80.6 cm³/mol. The fourth-order valence-corrected chi connectivity index (χ4v) is 2.64. The Morgan fingerprint density at radius 3 is 3.05 bits per heavy atom. The molecule has 21 heavy (non-hydrogen) atoms. The van der Waals surface area contributed by atoms with Gasteiger partial charge in [-0.15, -0.1) is 5.10 Å². The summed E-state index contributed by atoms with van der Waals surface area (Å²) in [5.41, 5.74) is 8.75. The average Bonchev–Trinajstić information content (AvgIpc) is 2.97. The number of tetrazole rings is 1. The Kier molecular flexibility index (Phi) is 4.15. The standard InChI is InChI=1S/C15H21N5O/c1-11-5-6-12(10-14(11)16)15-17-18-19-20(15)8-7-13-4-2-3-9-21-13/h5-6,10,13H,2-4,7-9,16H2,1H3. The largest absolute Gasteiger partial charge is 0.398 e. The molecule has 1 aromatic carbocycles. The smallest absolute Gasteiger partial charge is 0.182 e. The van der Waals surface area contributed by atoms with E-state index in [0.717, 1.165) is 48.6 Å². The van der Waals surface area contributed by atoms with E-state index in [1.807, 2.05) is 29.8 Å². The molecule has 1 unspecified atom stereocenters. The second-order valence-corrected chi connectivity index (χ2v) is 5.57. The molecule has 2 heterocycles. The molecular weight excluding hydrogens is 266 g/mol. The summed E-state index contributed by atoms with van der Waals surface area (Å²) in [7, 11) is 0. The van der Waals surface area contributed by atoms with Crippen molar-refractivity contribution in [3.8, 4) is 11.4 Å². The lowest BCUT2D eigenvalue weighted by atomic mass is 10.1. The van der Waals surface area contributed by atoms with Gasteiger partial charge in [0.1, 0.15) is 0 Å². The summed E-state index contributed by atoms with van der Waals surface area (Å²) in [5.74, 6) is 0.762. The number of aryl methyl sites for hydroxylation is 2. The molecule has 0 bridgehead atoms. The van der Waals surface area contributed by atoms with Crippen molar-refractivity contribution >= 4 is 5.69 Å². The maximum atomic E-state index is 5.97. The van der Waals surface area contributed by atoms with Gasteiger partial charge < -0.3 is 10.5 Å². The van der Waals surface area contributed by atoms with Crippen molar-refractivity contribution in [2.75, 3.05) is 12.3 Å². The van der Waals surface area contributed by atoms with E-state index in [9.17, 15) is 0 Å². The summed E-state index contributed by atoms with van der Waals surface area (Å²) >= 11 is 0. The molecule has 2 aromatic rings. The normalized spacial score (nSPS) is 18.8. The first kappa shape index (κ1) is 14.0. The lowest BCUT2D eigenvalue weighted by Gasteiger charge is -2.22. The number of nitrogen functional groups attached to an aromatic ring is 1. The van der Waals surface area contributed by atoms with Crippen molar-refractivity contribution in [1.82, 2.24) is 20.2 Å². The molecular formula is C15H21N5O. The highest BCUT2D eigenvalue weighted by Gasteiger charge is 2.16. The quantitative estimate of drug-likeness (QED) is 0.872. The van der Waals surface area contributed by atoms with Crippen LogP contribution in [0.2, 0.25) is 0 Å². The predicted octanol–water partition coefficient (Wildman–Crippen LogP) is 2.19. The van der Waals surface area contributed by atoms with E-state index in [1.54, 1.807) is 0 Å². The summed E-state index contributed by atoms with van der Waals surface area (Å²) in [6.45, 7) is 3.63. The summed E-state index contributed by atoms with van der Waals surface area (Å²) in [6, 6.07) is 5.92. The molecule has 0 spiro atoms. The first-order valence-corrected chi connectivity index (χ1v) is 7.48. The van der Waals surface area contributed by atoms with Gasteiger partial charge in [0.2, 0.25) is 0 Å². The van der Waals surface area contributed by atoms with Crippen LogP contribution in [0.1, 0.15) is 31.2 Å².